The first-order valence-electron chi connectivity index (χ1n) is 9.05. The molecule has 0 atom stereocenters. The molecule has 0 saturated carbocycles. The molecule has 0 radical (unpaired) electrons. The third kappa shape index (κ3) is 5.68. The predicted octanol–water partition coefficient (Wildman–Crippen LogP) is 3.86. The molecule has 7 nitrogen and oxygen atoms in total. The molecular weight excluding hydrogens is 404 g/mol. The van der Waals surface area contributed by atoms with Gasteiger partial charge in [-0.2, -0.15) is 0 Å². The number of benzene rings is 3. The van der Waals surface area contributed by atoms with Crippen molar-refractivity contribution in [3.05, 3.63) is 95.6 Å². The van der Waals surface area contributed by atoms with E-state index in [1.54, 1.807) is 19.1 Å². The lowest BCUT2D eigenvalue weighted by atomic mass is 10.2. The van der Waals surface area contributed by atoms with E-state index < -0.39 is 22.0 Å². The van der Waals surface area contributed by atoms with Crippen LogP contribution in [0.1, 0.15) is 21.5 Å². The fourth-order valence-electron chi connectivity index (χ4n) is 2.62. The van der Waals surface area contributed by atoms with Crippen LogP contribution in [0, 0.1) is 6.92 Å². The highest BCUT2D eigenvalue weighted by Gasteiger charge is 2.18. The van der Waals surface area contributed by atoms with Gasteiger partial charge in [-0.05, 0) is 54.4 Å². The van der Waals surface area contributed by atoms with Crippen LogP contribution in [0.25, 0.3) is 0 Å². The molecule has 3 aromatic rings. The number of hydrogen-bond acceptors (Lipinski definition) is 5. The Kier molecular flexibility index (Phi) is 6.48. The number of carbonyl (C=O) groups is 2. The molecule has 154 valence electrons. The summed E-state index contributed by atoms with van der Waals surface area (Å²) in [6.45, 7) is 1.91. The highest BCUT2D eigenvalue weighted by atomic mass is 32.2. The van der Waals surface area contributed by atoms with Gasteiger partial charge in [0.05, 0.1) is 10.5 Å². The van der Waals surface area contributed by atoms with Gasteiger partial charge in [-0.25, -0.2) is 22.7 Å². The predicted molar refractivity (Wildman–Crippen MR) is 113 cm³/mol. The lowest BCUT2D eigenvalue weighted by Crippen LogP contribution is -2.34. The molecule has 0 unspecified atom stereocenters. The van der Waals surface area contributed by atoms with Crippen molar-refractivity contribution in [2.75, 3.05) is 5.32 Å². The molecule has 0 spiro atoms. The summed E-state index contributed by atoms with van der Waals surface area (Å²) in [5.41, 5.74) is 2.26. The van der Waals surface area contributed by atoms with Crippen LogP contribution in [0.15, 0.2) is 83.8 Å². The van der Waals surface area contributed by atoms with Crippen molar-refractivity contribution >= 4 is 27.7 Å². The number of aryl methyl sites for hydroxylation is 1. The zero-order valence-corrected chi connectivity index (χ0v) is 17.0. The Morgan fingerprint density at radius 3 is 2.27 bits per heavy atom. The molecule has 3 aromatic carbocycles. The molecule has 0 aliphatic rings. The maximum atomic E-state index is 12.3. The van der Waals surface area contributed by atoms with Gasteiger partial charge in [-0.15, -0.1) is 0 Å². The summed E-state index contributed by atoms with van der Waals surface area (Å²) in [4.78, 5) is 24.2. The van der Waals surface area contributed by atoms with Gasteiger partial charge in [0, 0.05) is 5.69 Å². The first-order valence-corrected chi connectivity index (χ1v) is 10.5. The smallest absolute Gasteiger partial charge is 0.338 e. The average molecular weight is 424 g/mol. The Morgan fingerprint density at radius 1 is 0.900 bits per heavy atom. The van der Waals surface area contributed by atoms with E-state index >= 15 is 0 Å². The Hall–Kier alpha value is -3.65. The average Bonchev–Trinajstić information content (AvgIpc) is 2.73. The van der Waals surface area contributed by atoms with Crippen molar-refractivity contribution in [3.63, 3.8) is 0 Å². The minimum Gasteiger partial charge on any atom is -0.457 e. The molecule has 2 N–H and O–H groups in total. The Morgan fingerprint density at radius 2 is 1.60 bits per heavy atom. The van der Waals surface area contributed by atoms with Gasteiger partial charge in [0.2, 0.25) is 0 Å². The molecule has 0 aliphatic heterocycles. The second-order valence-corrected chi connectivity index (χ2v) is 8.20. The Labute approximate surface area is 174 Å². The summed E-state index contributed by atoms with van der Waals surface area (Å²) in [7, 11) is -3.99. The second kappa shape index (κ2) is 9.23. The maximum absolute atomic E-state index is 12.3. The van der Waals surface area contributed by atoms with Crippen LogP contribution < -0.4 is 10.0 Å². The van der Waals surface area contributed by atoms with Gasteiger partial charge in [0.15, 0.2) is 0 Å². The first-order chi connectivity index (χ1) is 14.3. The number of hydrogen-bond donors (Lipinski definition) is 2. The summed E-state index contributed by atoms with van der Waals surface area (Å²) >= 11 is 0. The molecule has 0 bridgehead atoms. The van der Waals surface area contributed by atoms with Crippen LogP contribution >= 0.6 is 0 Å². The third-order valence-electron chi connectivity index (χ3n) is 4.12. The number of carbonyl (C=O) groups excluding carboxylic acids is 2. The topological polar surface area (TPSA) is 102 Å². The molecule has 0 saturated heterocycles. The summed E-state index contributed by atoms with van der Waals surface area (Å²) in [6, 6.07) is 20.5. The normalized spacial score (nSPS) is 10.8. The molecule has 2 amide bonds. The monoisotopic (exact) mass is 424 g/mol. The van der Waals surface area contributed by atoms with Crippen molar-refractivity contribution in [2.45, 2.75) is 18.4 Å². The fourth-order valence-corrected chi connectivity index (χ4v) is 3.63. The molecule has 0 aromatic heterocycles. The van der Waals surface area contributed by atoms with Crippen LogP contribution in [-0.2, 0) is 21.4 Å². The van der Waals surface area contributed by atoms with Crippen LogP contribution in [0.3, 0.4) is 0 Å². The van der Waals surface area contributed by atoms with Crippen LogP contribution in [0.5, 0.6) is 0 Å². The minimum atomic E-state index is -3.99. The first kappa shape index (κ1) is 21.1. The van der Waals surface area contributed by atoms with Crippen molar-refractivity contribution in [3.8, 4) is 0 Å². The summed E-state index contributed by atoms with van der Waals surface area (Å²) in [5, 5.41) is 2.43. The van der Waals surface area contributed by atoms with Crippen LogP contribution in [0.2, 0.25) is 0 Å². The standard InChI is InChI=1S/C22H20N2O5S/c1-16-6-5-9-20(14-16)30(27,28)24-22(26)23-19-12-10-18(11-13-19)21(25)29-15-17-7-3-2-4-8-17/h2-14H,15H2,1H3,(H2,23,24,26). The van der Waals surface area contributed by atoms with Crippen LogP contribution in [-0.4, -0.2) is 20.4 Å². The van der Waals surface area contributed by atoms with E-state index in [2.05, 4.69) is 5.32 Å². The van der Waals surface area contributed by atoms with Gasteiger partial charge in [-0.3, -0.25) is 0 Å². The molecule has 0 fully saturated rings. The number of urea groups is 1. The highest BCUT2D eigenvalue weighted by molar-refractivity contribution is 7.90. The summed E-state index contributed by atoms with van der Waals surface area (Å²) in [5.74, 6) is -0.503. The molecule has 0 aliphatic carbocycles. The lowest BCUT2D eigenvalue weighted by Gasteiger charge is -2.10. The summed E-state index contributed by atoms with van der Waals surface area (Å²) < 4.78 is 31.8. The second-order valence-electron chi connectivity index (χ2n) is 6.52. The van der Waals surface area contributed by atoms with E-state index in [0.717, 1.165) is 11.1 Å². The number of anilines is 1. The molecular formula is C22H20N2O5S. The van der Waals surface area contributed by atoms with E-state index in [9.17, 15) is 18.0 Å². The number of rotatable bonds is 6. The largest absolute Gasteiger partial charge is 0.457 e. The molecule has 3 rings (SSSR count). The van der Waals surface area contributed by atoms with E-state index in [-0.39, 0.29) is 11.5 Å². The lowest BCUT2D eigenvalue weighted by molar-refractivity contribution is 0.0472. The van der Waals surface area contributed by atoms with E-state index in [0.29, 0.717) is 11.3 Å². The van der Waals surface area contributed by atoms with Gasteiger partial charge >= 0.3 is 12.0 Å². The molecule has 0 heterocycles. The number of sulfonamides is 1. The van der Waals surface area contributed by atoms with Gasteiger partial charge in [0.25, 0.3) is 10.0 Å². The van der Waals surface area contributed by atoms with E-state index in [1.165, 1.54) is 36.4 Å². The van der Waals surface area contributed by atoms with Crippen molar-refractivity contribution < 1.29 is 22.7 Å². The van der Waals surface area contributed by atoms with Gasteiger partial charge < -0.3 is 10.1 Å². The van der Waals surface area contributed by atoms with Crippen LogP contribution in [0.4, 0.5) is 10.5 Å². The van der Waals surface area contributed by atoms with Gasteiger partial charge in [-0.1, -0.05) is 42.5 Å². The SMILES string of the molecule is Cc1cccc(S(=O)(=O)NC(=O)Nc2ccc(C(=O)OCc3ccccc3)cc2)c1. The fraction of sp³-hybridized carbons (Fsp3) is 0.0909. The third-order valence-corrected chi connectivity index (χ3v) is 5.45. The van der Waals surface area contributed by atoms with Crippen molar-refractivity contribution in [2.24, 2.45) is 0 Å². The van der Waals surface area contributed by atoms with E-state index in [4.69, 9.17) is 4.74 Å². The number of nitrogens with one attached hydrogen (secondary N) is 2. The van der Waals surface area contributed by atoms with Crippen molar-refractivity contribution in [1.82, 2.24) is 4.72 Å². The van der Waals surface area contributed by atoms with Crippen molar-refractivity contribution in [1.29, 1.82) is 0 Å². The quantitative estimate of drug-likeness (QED) is 0.585. The van der Waals surface area contributed by atoms with E-state index in [1.807, 2.05) is 35.1 Å². The highest BCUT2D eigenvalue weighted by Crippen LogP contribution is 2.13. The number of esters is 1. The molecule has 8 heteroatoms. The Bertz CT molecular complexity index is 1140. The summed E-state index contributed by atoms with van der Waals surface area (Å²) in [6.07, 6.45) is 0. The maximum Gasteiger partial charge on any atom is 0.338 e. The van der Waals surface area contributed by atoms with Gasteiger partial charge in [0.1, 0.15) is 6.61 Å². The number of amides is 2. The minimum absolute atomic E-state index is 0.00541. The Balaban J connectivity index is 1.57. The molecule has 30 heavy (non-hydrogen) atoms. The zero-order valence-electron chi connectivity index (χ0n) is 16.2. The number of ether oxygens (including phenoxy) is 1. The zero-order chi connectivity index (χ0) is 21.6.